The lowest BCUT2D eigenvalue weighted by Gasteiger charge is -2.20. The molecule has 2 N–H and O–H groups in total. The van der Waals surface area contributed by atoms with Crippen molar-refractivity contribution in [3.8, 4) is 0 Å². The third-order valence-electron chi connectivity index (χ3n) is 4.73. The van der Waals surface area contributed by atoms with Crippen LogP contribution in [0.15, 0.2) is 30.6 Å². The molecule has 0 saturated heterocycles. The summed E-state index contributed by atoms with van der Waals surface area (Å²) in [5.74, 6) is 0.327. The molecule has 0 radical (unpaired) electrons. The summed E-state index contributed by atoms with van der Waals surface area (Å²) < 4.78 is 23.8. The second kappa shape index (κ2) is 12.6. The topological polar surface area (TPSA) is 97.4 Å². The summed E-state index contributed by atoms with van der Waals surface area (Å²) in [5, 5.41) is 2.79. The second-order valence-electron chi connectivity index (χ2n) is 7.19. The molecule has 156 valence electrons. The highest BCUT2D eigenvalue weighted by Crippen LogP contribution is 2.23. The SMILES string of the molecule is O=C(/C=C/c1cccnc1)NCCCCCS(=O)(=O)NOCC1CCCCC1. The first-order valence-electron chi connectivity index (χ1n) is 10.0. The summed E-state index contributed by atoms with van der Waals surface area (Å²) in [4.78, 5) is 23.1. The fourth-order valence-electron chi connectivity index (χ4n) is 3.15. The number of rotatable bonds is 12. The minimum Gasteiger partial charge on any atom is -0.353 e. The molecule has 1 saturated carbocycles. The molecule has 0 aliphatic heterocycles. The monoisotopic (exact) mass is 409 g/mol. The van der Waals surface area contributed by atoms with E-state index in [1.165, 1.54) is 25.3 Å². The maximum atomic E-state index is 11.9. The van der Waals surface area contributed by atoms with E-state index in [0.29, 0.717) is 25.5 Å². The summed E-state index contributed by atoms with van der Waals surface area (Å²) in [5.41, 5.74) is 0.862. The molecular weight excluding hydrogens is 378 g/mol. The summed E-state index contributed by atoms with van der Waals surface area (Å²) in [6.45, 7) is 0.972. The van der Waals surface area contributed by atoms with E-state index < -0.39 is 10.0 Å². The molecule has 2 rings (SSSR count). The van der Waals surface area contributed by atoms with Crippen molar-refractivity contribution in [2.24, 2.45) is 5.92 Å². The first-order valence-corrected chi connectivity index (χ1v) is 11.7. The molecule has 1 aromatic rings. The number of pyridine rings is 1. The quantitative estimate of drug-likeness (QED) is 0.314. The number of carbonyl (C=O) groups excluding carboxylic acids is 1. The van der Waals surface area contributed by atoms with E-state index in [9.17, 15) is 13.2 Å². The molecule has 1 aliphatic rings. The van der Waals surface area contributed by atoms with Gasteiger partial charge in [-0.15, -0.1) is 0 Å². The Morgan fingerprint density at radius 1 is 1.21 bits per heavy atom. The average molecular weight is 410 g/mol. The molecule has 0 unspecified atom stereocenters. The van der Waals surface area contributed by atoms with Gasteiger partial charge in [-0.3, -0.25) is 14.6 Å². The molecular formula is C20H31N3O4S. The maximum absolute atomic E-state index is 11.9. The van der Waals surface area contributed by atoms with Crippen LogP contribution in [0.3, 0.4) is 0 Å². The fourth-order valence-corrected chi connectivity index (χ4v) is 4.06. The van der Waals surface area contributed by atoms with Crippen LogP contribution in [-0.4, -0.2) is 38.2 Å². The van der Waals surface area contributed by atoms with Crippen molar-refractivity contribution >= 4 is 22.0 Å². The Balaban J connectivity index is 1.49. The Labute approximate surface area is 168 Å². The standard InChI is InChI=1S/C20H31N3O4S/c24-20(12-11-18-10-7-13-21-16-18)22-14-5-2-6-15-28(25,26)23-27-17-19-8-3-1-4-9-19/h7,10-13,16,19,23H,1-6,8-9,14-15,17H2,(H,22,24)/b12-11+. The predicted octanol–water partition coefficient (Wildman–Crippen LogP) is 2.81. The van der Waals surface area contributed by atoms with Gasteiger partial charge in [0.25, 0.3) is 0 Å². The number of hydrogen-bond donors (Lipinski definition) is 2. The van der Waals surface area contributed by atoms with E-state index in [1.807, 2.05) is 12.1 Å². The molecule has 1 aromatic heterocycles. The number of nitrogens with one attached hydrogen (secondary N) is 2. The number of sulfonamides is 1. The van der Waals surface area contributed by atoms with Crippen LogP contribution in [0.1, 0.15) is 56.9 Å². The van der Waals surface area contributed by atoms with Gasteiger partial charge in [0.1, 0.15) is 0 Å². The summed E-state index contributed by atoms with van der Waals surface area (Å²) in [6, 6.07) is 3.67. The normalized spacial score (nSPS) is 15.7. The number of unbranched alkanes of at least 4 members (excludes halogenated alkanes) is 2. The molecule has 28 heavy (non-hydrogen) atoms. The molecule has 0 bridgehead atoms. The van der Waals surface area contributed by atoms with Gasteiger partial charge in [0.2, 0.25) is 15.9 Å². The van der Waals surface area contributed by atoms with Crippen molar-refractivity contribution in [1.29, 1.82) is 0 Å². The highest BCUT2D eigenvalue weighted by Gasteiger charge is 2.15. The Morgan fingerprint density at radius 3 is 2.79 bits per heavy atom. The zero-order chi connectivity index (χ0) is 20.1. The van der Waals surface area contributed by atoms with Crippen LogP contribution in [0.4, 0.5) is 0 Å². The number of nitrogens with zero attached hydrogens (tertiary/aromatic N) is 1. The van der Waals surface area contributed by atoms with Gasteiger partial charge in [-0.05, 0) is 49.3 Å². The smallest absolute Gasteiger partial charge is 0.243 e. The average Bonchev–Trinajstić information content (AvgIpc) is 2.70. The lowest BCUT2D eigenvalue weighted by Crippen LogP contribution is -2.29. The van der Waals surface area contributed by atoms with Gasteiger partial charge in [-0.25, -0.2) is 8.42 Å². The highest BCUT2D eigenvalue weighted by molar-refractivity contribution is 7.89. The first kappa shape index (κ1) is 22.5. The van der Waals surface area contributed by atoms with Crippen LogP contribution in [0.25, 0.3) is 6.08 Å². The summed E-state index contributed by atoms with van der Waals surface area (Å²) in [7, 11) is -3.40. The Morgan fingerprint density at radius 2 is 2.04 bits per heavy atom. The van der Waals surface area contributed by atoms with Crippen LogP contribution in [-0.2, 0) is 19.7 Å². The Kier molecular flexibility index (Phi) is 10.2. The Hall–Kier alpha value is -1.77. The molecule has 1 heterocycles. The van der Waals surface area contributed by atoms with Gasteiger partial charge in [-0.2, -0.15) is 0 Å². The Bertz CT molecular complexity index is 701. The predicted molar refractivity (Wildman–Crippen MR) is 110 cm³/mol. The van der Waals surface area contributed by atoms with Gasteiger partial charge in [0.05, 0.1) is 12.4 Å². The van der Waals surface area contributed by atoms with Gasteiger partial charge >= 0.3 is 0 Å². The largest absolute Gasteiger partial charge is 0.353 e. The molecule has 8 heteroatoms. The van der Waals surface area contributed by atoms with Crippen molar-refractivity contribution in [2.45, 2.75) is 51.4 Å². The zero-order valence-electron chi connectivity index (χ0n) is 16.3. The number of hydrogen-bond acceptors (Lipinski definition) is 5. The van der Waals surface area contributed by atoms with Gasteiger partial charge in [-0.1, -0.05) is 36.6 Å². The molecule has 7 nitrogen and oxygen atoms in total. The second-order valence-corrected chi connectivity index (χ2v) is 8.99. The third kappa shape index (κ3) is 9.96. The van der Waals surface area contributed by atoms with E-state index in [2.05, 4.69) is 15.2 Å². The molecule has 0 aromatic carbocycles. The van der Waals surface area contributed by atoms with Gasteiger partial charge < -0.3 is 5.32 Å². The maximum Gasteiger partial charge on any atom is 0.243 e. The highest BCUT2D eigenvalue weighted by atomic mass is 32.2. The molecule has 0 spiro atoms. The van der Waals surface area contributed by atoms with Gasteiger partial charge in [0, 0.05) is 25.0 Å². The molecule has 1 amide bonds. The number of carbonyl (C=O) groups is 1. The molecule has 0 atom stereocenters. The first-order chi connectivity index (χ1) is 13.6. The fraction of sp³-hybridized carbons (Fsp3) is 0.600. The zero-order valence-corrected chi connectivity index (χ0v) is 17.1. The van der Waals surface area contributed by atoms with E-state index in [4.69, 9.17) is 4.84 Å². The van der Waals surface area contributed by atoms with Crippen molar-refractivity contribution in [1.82, 2.24) is 15.2 Å². The number of amides is 1. The van der Waals surface area contributed by atoms with Crippen molar-refractivity contribution in [3.05, 3.63) is 36.2 Å². The third-order valence-corrected chi connectivity index (χ3v) is 5.93. The van der Waals surface area contributed by atoms with Crippen LogP contribution in [0.5, 0.6) is 0 Å². The lowest BCUT2D eigenvalue weighted by molar-refractivity contribution is -0.116. The van der Waals surface area contributed by atoms with E-state index in [0.717, 1.165) is 31.2 Å². The van der Waals surface area contributed by atoms with E-state index in [-0.39, 0.29) is 11.7 Å². The van der Waals surface area contributed by atoms with Crippen molar-refractivity contribution in [2.75, 3.05) is 18.9 Å². The van der Waals surface area contributed by atoms with Crippen molar-refractivity contribution in [3.63, 3.8) is 0 Å². The van der Waals surface area contributed by atoms with Gasteiger partial charge in [0.15, 0.2) is 0 Å². The summed E-state index contributed by atoms with van der Waals surface area (Å²) in [6.07, 6.45) is 14.4. The van der Waals surface area contributed by atoms with Crippen LogP contribution in [0.2, 0.25) is 0 Å². The van der Waals surface area contributed by atoms with Crippen LogP contribution in [0, 0.1) is 5.92 Å². The minimum absolute atomic E-state index is 0.0342. The van der Waals surface area contributed by atoms with Crippen LogP contribution < -0.4 is 10.2 Å². The molecule has 1 fully saturated rings. The lowest BCUT2D eigenvalue weighted by atomic mass is 9.90. The number of aromatic nitrogens is 1. The van der Waals surface area contributed by atoms with E-state index >= 15 is 0 Å². The van der Waals surface area contributed by atoms with Crippen LogP contribution >= 0.6 is 0 Å². The van der Waals surface area contributed by atoms with Crippen molar-refractivity contribution < 1.29 is 18.0 Å². The van der Waals surface area contributed by atoms with E-state index in [1.54, 1.807) is 18.5 Å². The molecule has 1 aliphatic carbocycles. The summed E-state index contributed by atoms with van der Waals surface area (Å²) >= 11 is 0. The minimum atomic E-state index is -3.40.